The van der Waals surface area contributed by atoms with Gasteiger partial charge >= 0.3 is 5.97 Å². The van der Waals surface area contributed by atoms with Gasteiger partial charge in [-0.1, -0.05) is 26.7 Å². The predicted molar refractivity (Wildman–Crippen MR) is 98.2 cm³/mol. The zero-order valence-corrected chi connectivity index (χ0v) is 16.0. The van der Waals surface area contributed by atoms with Crippen molar-refractivity contribution in [3.05, 3.63) is 24.3 Å². The molecule has 0 radical (unpaired) electrons. The van der Waals surface area contributed by atoms with Crippen molar-refractivity contribution >= 4 is 11.9 Å². The average Bonchev–Trinajstić information content (AvgIpc) is 2.64. The molecule has 0 saturated heterocycles. The third-order valence-corrected chi connectivity index (χ3v) is 5.13. The van der Waals surface area contributed by atoms with E-state index in [9.17, 15) is 9.59 Å². The highest BCUT2D eigenvalue weighted by molar-refractivity contribution is 5.83. The van der Waals surface area contributed by atoms with Crippen LogP contribution >= 0.6 is 0 Å². The van der Waals surface area contributed by atoms with Crippen LogP contribution in [0.4, 0.5) is 0 Å². The van der Waals surface area contributed by atoms with Crippen molar-refractivity contribution < 1.29 is 23.8 Å². The normalized spacial score (nSPS) is 23.6. The molecule has 1 fully saturated rings. The summed E-state index contributed by atoms with van der Waals surface area (Å²) in [6, 6.07) is 7.02. The van der Waals surface area contributed by atoms with E-state index in [1.54, 1.807) is 38.3 Å². The maximum atomic E-state index is 12.3. The largest absolute Gasteiger partial charge is 0.497 e. The van der Waals surface area contributed by atoms with E-state index in [2.05, 4.69) is 19.2 Å². The average molecular weight is 363 g/mol. The van der Waals surface area contributed by atoms with Crippen LogP contribution in [-0.2, 0) is 14.3 Å². The second-order valence-electron chi connectivity index (χ2n) is 6.98. The highest BCUT2D eigenvalue weighted by Crippen LogP contribution is 2.29. The quantitative estimate of drug-likeness (QED) is 0.754. The maximum Gasteiger partial charge on any atom is 0.344 e. The molecule has 0 unspecified atom stereocenters. The lowest BCUT2D eigenvalue weighted by molar-refractivity contribution is -0.157. The lowest BCUT2D eigenvalue weighted by atomic mass is 9.78. The number of rotatable bonds is 7. The summed E-state index contributed by atoms with van der Waals surface area (Å²) in [6.45, 7) is 5.70. The first-order valence-corrected chi connectivity index (χ1v) is 9.17. The van der Waals surface area contributed by atoms with E-state index in [4.69, 9.17) is 14.2 Å². The fourth-order valence-corrected chi connectivity index (χ4v) is 3.18. The Kier molecular flexibility index (Phi) is 7.30. The number of methoxy groups -OCH3 is 1. The summed E-state index contributed by atoms with van der Waals surface area (Å²) in [5.74, 6) is 1.42. The van der Waals surface area contributed by atoms with E-state index in [1.165, 1.54) is 6.42 Å². The first-order chi connectivity index (χ1) is 12.4. The number of amides is 1. The van der Waals surface area contributed by atoms with Crippen LogP contribution in [0.5, 0.6) is 11.5 Å². The number of esters is 1. The van der Waals surface area contributed by atoms with Crippen molar-refractivity contribution in [3.8, 4) is 11.5 Å². The standard InChI is InChI=1S/C20H29NO5/c1-13-6-5-7-18(14(13)2)21-20(23)15(3)26-19(22)12-25-17-10-8-16(24-4)9-11-17/h8-11,13-15,18H,5-7,12H2,1-4H3,(H,21,23)/t13-,14-,15-,18-/m1/s1. The first kappa shape index (κ1) is 20.1. The van der Waals surface area contributed by atoms with Crippen LogP contribution in [0.25, 0.3) is 0 Å². The molecule has 6 nitrogen and oxygen atoms in total. The summed E-state index contributed by atoms with van der Waals surface area (Å²) < 4.78 is 15.6. The molecule has 26 heavy (non-hydrogen) atoms. The number of benzene rings is 1. The fraction of sp³-hybridized carbons (Fsp3) is 0.600. The zero-order chi connectivity index (χ0) is 19.1. The molecule has 0 aromatic heterocycles. The number of nitrogens with one attached hydrogen (secondary N) is 1. The van der Waals surface area contributed by atoms with Crippen molar-refractivity contribution in [2.75, 3.05) is 13.7 Å². The summed E-state index contributed by atoms with van der Waals surface area (Å²) >= 11 is 0. The van der Waals surface area contributed by atoms with Gasteiger partial charge in [0.15, 0.2) is 12.7 Å². The number of carbonyl (C=O) groups excluding carboxylic acids is 2. The molecular weight excluding hydrogens is 334 g/mol. The number of ether oxygens (including phenoxy) is 3. The lowest BCUT2D eigenvalue weighted by Gasteiger charge is -2.35. The van der Waals surface area contributed by atoms with Crippen LogP contribution in [0.1, 0.15) is 40.0 Å². The minimum Gasteiger partial charge on any atom is -0.497 e. The molecule has 1 saturated carbocycles. The smallest absolute Gasteiger partial charge is 0.344 e. The van der Waals surface area contributed by atoms with Gasteiger partial charge in [-0.2, -0.15) is 0 Å². The summed E-state index contributed by atoms with van der Waals surface area (Å²) in [5.41, 5.74) is 0. The van der Waals surface area contributed by atoms with Crippen molar-refractivity contribution in [3.63, 3.8) is 0 Å². The van der Waals surface area contributed by atoms with Gasteiger partial charge in [-0.15, -0.1) is 0 Å². The van der Waals surface area contributed by atoms with Crippen LogP contribution in [0.15, 0.2) is 24.3 Å². The summed E-state index contributed by atoms with van der Waals surface area (Å²) in [7, 11) is 1.58. The molecule has 1 N–H and O–H groups in total. The van der Waals surface area contributed by atoms with Crippen LogP contribution in [0, 0.1) is 11.8 Å². The number of carbonyl (C=O) groups is 2. The van der Waals surface area contributed by atoms with Gasteiger partial charge in [-0.3, -0.25) is 4.79 Å². The van der Waals surface area contributed by atoms with Gasteiger partial charge in [0.2, 0.25) is 0 Å². The number of hydrogen-bond donors (Lipinski definition) is 1. The van der Waals surface area contributed by atoms with Crippen molar-refractivity contribution in [2.45, 2.75) is 52.2 Å². The van der Waals surface area contributed by atoms with E-state index >= 15 is 0 Å². The third-order valence-electron chi connectivity index (χ3n) is 5.13. The molecule has 2 rings (SSSR count). The molecule has 0 spiro atoms. The Bertz CT molecular complexity index is 601. The highest BCUT2D eigenvalue weighted by atomic mass is 16.6. The van der Waals surface area contributed by atoms with Crippen molar-refractivity contribution in [2.24, 2.45) is 11.8 Å². The van der Waals surface area contributed by atoms with Crippen LogP contribution in [0.2, 0.25) is 0 Å². The monoisotopic (exact) mass is 363 g/mol. The SMILES string of the molecule is COc1ccc(OCC(=O)O[C@H](C)C(=O)N[C@@H]2CCC[C@@H](C)[C@H]2C)cc1. The second-order valence-corrected chi connectivity index (χ2v) is 6.98. The van der Waals surface area contributed by atoms with Gasteiger partial charge in [0.25, 0.3) is 5.91 Å². The van der Waals surface area contributed by atoms with E-state index < -0.39 is 12.1 Å². The van der Waals surface area contributed by atoms with Gasteiger partial charge < -0.3 is 19.5 Å². The van der Waals surface area contributed by atoms with E-state index in [0.29, 0.717) is 23.3 Å². The number of hydrogen-bond acceptors (Lipinski definition) is 5. The van der Waals surface area contributed by atoms with Gasteiger partial charge in [0, 0.05) is 6.04 Å². The molecule has 0 bridgehead atoms. The Morgan fingerprint density at radius 3 is 2.46 bits per heavy atom. The summed E-state index contributed by atoms with van der Waals surface area (Å²) in [5, 5.41) is 3.02. The maximum absolute atomic E-state index is 12.3. The fourth-order valence-electron chi connectivity index (χ4n) is 3.18. The van der Waals surface area contributed by atoms with Crippen molar-refractivity contribution in [1.82, 2.24) is 5.32 Å². The Labute approximate surface area is 155 Å². The molecule has 1 aliphatic rings. The van der Waals surface area contributed by atoms with Gasteiger partial charge in [0.1, 0.15) is 11.5 Å². The van der Waals surface area contributed by atoms with E-state index in [-0.39, 0.29) is 18.6 Å². The molecule has 1 amide bonds. The molecule has 0 heterocycles. The molecule has 1 aliphatic carbocycles. The van der Waals surface area contributed by atoms with Gasteiger partial charge in [-0.25, -0.2) is 4.79 Å². The van der Waals surface area contributed by atoms with Crippen LogP contribution < -0.4 is 14.8 Å². The van der Waals surface area contributed by atoms with Crippen molar-refractivity contribution in [1.29, 1.82) is 0 Å². The third kappa shape index (κ3) is 5.64. The van der Waals surface area contributed by atoms with E-state index in [0.717, 1.165) is 12.8 Å². The molecule has 1 aromatic rings. The van der Waals surface area contributed by atoms with Gasteiger partial charge in [0.05, 0.1) is 7.11 Å². The predicted octanol–water partition coefficient (Wildman–Crippen LogP) is 2.95. The van der Waals surface area contributed by atoms with Crippen LogP contribution in [-0.4, -0.2) is 37.7 Å². The Balaban J connectivity index is 1.75. The molecule has 6 heteroatoms. The summed E-state index contributed by atoms with van der Waals surface area (Å²) in [6.07, 6.45) is 2.44. The Morgan fingerprint density at radius 1 is 1.15 bits per heavy atom. The Morgan fingerprint density at radius 2 is 1.81 bits per heavy atom. The molecule has 1 aromatic carbocycles. The Hall–Kier alpha value is -2.24. The van der Waals surface area contributed by atoms with Crippen LogP contribution in [0.3, 0.4) is 0 Å². The first-order valence-electron chi connectivity index (χ1n) is 9.17. The molecule has 4 atom stereocenters. The highest BCUT2D eigenvalue weighted by Gasteiger charge is 2.30. The van der Waals surface area contributed by atoms with E-state index in [1.807, 2.05) is 0 Å². The minimum atomic E-state index is -0.841. The van der Waals surface area contributed by atoms with Gasteiger partial charge in [-0.05, 0) is 49.4 Å². The molecule has 0 aliphatic heterocycles. The second kappa shape index (κ2) is 9.46. The topological polar surface area (TPSA) is 73.9 Å². The lowest BCUT2D eigenvalue weighted by Crippen LogP contribution is -2.47. The summed E-state index contributed by atoms with van der Waals surface area (Å²) in [4.78, 5) is 24.2. The molecular formula is C20H29NO5. The molecule has 144 valence electrons. The minimum absolute atomic E-state index is 0.142. The zero-order valence-electron chi connectivity index (χ0n) is 16.0.